The molecule has 7 nitrogen and oxygen atoms in total. The van der Waals surface area contributed by atoms with E-state index in [1.54, 1.807) is 0 Å². The van der Waals surface area contributed by atoms with Crippen LogP contribution < -0.4 is 4.74 Å². The van der Waals surface area contributed by atoms with E-state index in [2.05, 4.69) is 9.72 Å². The van der Waals surface area contributed by atoms with Gasteiger partial charge in [-0.2, -0.15) is 8.78 Å². The number of pyridine rings is 1. The molecule has 0 fully saturated rings. The zero-order valence-corrected chi connectivity index (χ0v) is 13.1. The number of alkyl halides is 4. The molecule has 0 saturated heterocycles. The van der Waals surface area contributed by atoms with Gasteiger partial charge in [-0.25, -0.2) is 13.8 Å². The zero-order chi connectivity index (χ0) is 19.0. The van der Waals surface area contributed by atoms with Gasteiger partial charge in [-0.05, 0) is 6.07 Å². The van der Waals surface area contributed by atoms with Crippen LogP contribution in [0.25, 0.3) is 0 Å². The summed E-state index contributed by atoms with van der Waals surface area (Å²) in [6.07, 6.45) is -2.90. The molecule has 0 radical (unpaired) electrons. The van der Waals surface area contributed by atoms with Crippen molar-refractivity contribution in [3.63, 3.8) is 0 Å². The van der Waals surface area contributed by atoms with E-state index in [4.69, 9.17) is 9.84 Å². The number of rotatable bonds is 10. The highest BCUT2D eigenvalue weighted by Crippen LogP contribution is 2.23. The van der Waals surface area contributed by atoms with Crippen molar-refractivity contribution in [1.29, 1.82) is 0 Å². The van der Waals surface area contributed by atoms with Gasteiger partial charge in [-0.3, -0.25) is 9.59 Å². The van der Waals surface area contributed by atoms with Gasteiger partial charge in [0.25, 0.3) is 5.91 Å². The molecule has 0 atom stereocenters. The number of ether oxygens (including phenoxy) is 2. The Labute approximate surface area is 140 Å². The van der Waals surface area contributed by atoms with Gasteiger partial charge in [0.05, 0.1) is 12.2 Å². The van der Waals surface area contributed by atoms with E-state index in [9.17, 15) is 27.2 Å². The maximum atomic E-state index is 12.8. The number of nitrogens with zero attached hydrogens (tertiary/aromatic N) is 2. The summed E-state index contributed by atoms with van der Waals surface area (Å²) in [6.45, 7) is -2.01. The van der Waals surface area contributed by atoms with Crippen LogP contribution in [0.15, 0.2) is 18.3 Å². The molecular formula is C14H16F4N2O5. The summed E-state index contributed by atoms with van der Waals surface area (Å²) in [5.41, 5.74) is -0.0228. The summed E-state index contributed by atoms with van der Waals surface area (Å²) in [7, 11) is 1.38. The number of aromatic nitrogens is 1. The maximum absolute atomic E-state index is 12.8. The number of halogens is 4. The van der Waals surface area contributed by atoms with Gasteiger partial charge in [0, 0.05) is 25.9 Å². The molecule has 0 spiro atoms. The Bertz CT molecular complexity index is 583. The minimum atomic E-state index is -4.32. The Morgan fingerprint density at radius 1 is 1.36 bits per heavy atom. The van der Waals surface area contributed by atoms with E-state index in [1.807, 2.05) is 0 Å². The van der Waals surface area contributed by atoms with E-state index in [0.29, 0.717) is 0 Å². The fourth-order valence-electron chi connectivity index (χ4n) is 1.63. The summed E-state index contributed by atoms with van der Waals surface area (Å²) in [4.78, 5) is 27.6. The van der Waals surface area contributed by atoms with Crippen molar-refractivity contribution in [2.45, 2.75) is 12.3 Å². The zero-order valence-electron chi connectivity index (χ0n) is 13.1. The number of aliphatic carboxylic acids is 1. The number of carbonyl (C=O) groups is 2. The predicted octanol–water partition coefficient (Wildman–Crippen LogP) is 1.53. The molecule has 0 aliphatic rings. The largest absolute Gasteiger partial charge is 0.480 e. The molecular weight excluding hydrogens is 352 g/mol. The normalized spacial score (nSPS) is 11.4. The molecule has 0 aromatic carbocycles. The monoisotopic (exact) mass is 368 g/mol. The lowest BCUT2D eigenvalue weighted by molar-refractivity contribution is -0.148. The first-order chi connectivity index (χ1) is 11.7. The first-order valence-corrected chi connectivity index (χ1v) is 6.92. The second-order valence-corrected chi connectivity index (χ2v) is 4.85. The quantitative estimate of drug-likeness (QED) is 0.630. The van der Waals surface area contributed by atoms with E-state index in [1.165, 1.54) is 7.11 Å². The van der Waals surface area contributed by atoms with Crippen LogP contribution in [0.3, 0.4) is 0 Å². The molecule has 1 N–H and O–H groups in total. The van der Waals surface area contributed by atoms with Crippen molar-refractivity contribution in [2.24, 2.45) is 0 Å². The molecule has 25 heavy (non-hydrogen) atoms. The van der Waals surface area contributed by atoms with Crippen LogP contribution in [0.2, 0.25) is 0 Å². The van der Waals surface area contributed by atoms with Crippen molar-refractivity contribution in [3.8, 4) is 5.88 Å². The topological polar surface area (TPSA) is 89.0 Å². The molecule has 1 aromatic heterocycles. The van der Waals surface area contributed by atoms with Crippen LogP contribution in [-0.2, 0) is 9.53 Å². The minimum Gasteiger partial charge on any atom is -0.480 e. The van der Waals surface area contributed by atoms with Crippen LogP contribution in [0.1, 0.15) is 10.4 Å². The van der Waals surface area contributed by atoms with Crippen molar-refractivity contribution in [1.82, 2.24) is 9.88 Å². The second-order valence-electron chi connectivity index (χ2n) is 4.85. The van der Waals surface area contributed by atoms with Crippen molar-refractivity contribution < 1.29 is 41.7 Å². The smallest absolute Gasteiger partial charge is 0.340 e. The molecule has 0 unspecified atom stereocenters. The number of carboxylic acid groups (broad SMARTS) is 1. The lowest BCUT2D eigenvalue weighted by atomic mass is 10.2. The molecule has 1 heterocycles. The van der Waals surface area contributed by atoms with Crippen LogP contribution in [0.4, 0.5) is 17.6 Å². The number of amides is 1. The van der Waals surface area contributed by atoms with Gasteiger partial charge >= 0.3 is 18.3 Å². The Balaban J connectivity index is 2.75. The van der Waals surface area contributed by atoms with Gasteiger partial charge < -0.3 is 19.5 Å². The third-order valence-electron chi connectivity index (χ3n) is 2.89. The summed E-state index contributed by atoms with van der Waals surface area (Å²) < 4.78 is 58.8. The van der Waals surface area contributed by atoms with Crippen LogP contribution in [0, 0.1) is 0 Å². The number of methoxy groups -OCH3 is 1. The van der Waals surface area contributed by atoms with Gasteiger partial charge in [0.1, 0.15) is 6.54 Å². The van der Waals surface area contributed by atoms with Crippen LogP contribution in [0.5, 0.6) is 5.88 Å². The third kappa shape index (κ3) is 6.53. The number of hydrogen-bond acceptors (Lipinski definition) is 5. The Kier molecular flexibility index (Phi) is 7.55. The summed E-state index contributed by atoms with van der Waals surface area (Å²) >= 11 is 0. The van der Waals surface area contributed by atoms with Gasteiger partial charge in [-0.15, -0.1) is 0 Å². The van der Waals surface area contributed by atoms with Crippen molar-refractivity contribution in [3.05, 3.63) is 23.9 Å². The summed E-state index contributed by atoms with van der Waals surface area (Å²) in [5, 5.41) is 8.81. The fraction of sp³-hybridized carbons (Fsp3) is 0.500. The Morgan fingerprint density at radius 2 is 2.04 bits per heavy atom. The number of hydrogen-bond donors (Lipinski definition) is 1. The molecule has 1 aromatic rings. The molecule has 0 bridgehead atoms. The molecule has 140 valence electrons. The van der Waals surface area contributed by atoms with E-state index >= 15 is 0 Å². The molecule has 0 saturated carbocycles. The van der Waals surface area contributed by atoms with Gasteiger partial charge in [0.15, 0.2) is 6.61 Å². The van der Waals surface area contributed by atoms with E-state index in [0.717, 1.165) is 23.2 Å². The van der Waals surface area contributed by atoms with Crippen molar-refractivity contribution in [2.75, 3.05) is 33.4 Å². The highest BCUT2D eigenvalue weighted by molar-refractivity contribution is 5.95. The maximum Gasteiger partial charge on any atom is 0.340 e. The highest BCUT2D eigenvalue weighted by Gasteiger charge is 2.41. The van der Waals surface area contributed by atoms with Gasteiger partial charge in [0.2, 0.25) is 5.88 Å². The van der Waals surface area contributed by atoms with Crippen LogP contribution >= 0.6 is 0 Å². The third-order valence-corrected chi connectivity index (χ3v) is 2.89. The summed E-state index contributed by atoms with van der Waals surface area (Å²) in [5.74, 6) is -6.60. The lowest BCUT2D eigenvalue weighted by Gasteiger charge is -2.20. The second kappa shape index (κ2) is 9.16. The molecule has 1 rings (SSSR count). The van der Waals surface area contributed by atoms with Crippen molar-refractivity contribution >= 4 is 11.9 Å². The summed E-state index contributed by atoms with van der Waals surface area (Å²) in [6, 6.07) is 2.21. The van der Waals surface area contributed by atoms with Crippen LogP contribution in [-0.4, -0.2) is 72.6 Å². The predicted molar refractivity (Wildman–Crippen MR) is 76.1 cm³/mol. The standard InChI is InChI=1S/C14H16F4N2O5/c1-24-5-4-20(7-11(21)22)12(23)9-2-3-10(19-6-9)25-8-14(17,18)13(15)16/h2-3,6,13H,4-5,7-8H2,1H3,(H,21,22). The highest BCUT2D eigenvalue weighted by atomic mass is 19.3. The minimum absolute atomic E-state index is 0.0144. The lowest BCUT2D eigenvalue weighted by Crippen LogP contribution is -2.38. The average Bonchev–Trinajstić information content (AvgIpc) is 2.56. The molecule has 0 aliphatic heterocycles. The molecule has 1 amide bonds. The number of carbonyl (C=O) groups excluding carboxylic acids is 1. The van der Waals surface area contributed by atoms with E-state index in [-0.39, 0.29) is 24.6 Å². The molecule has 11 heteroatoms. The Morgan fingerprint density at radius 3 is 2.52 bits per heavy atom. The average molecular weight is 368 g/mol. The van der Waals surface area contributed by atoms with E-state index < -0.39 is 37.4 Å². The first-order valence-electron chi connectivity index (χ1n) is 6.92. The number of carboxylic acids is 1. The Hall–Kier alpha value is -2.43. The SMILES string of the molecule is COCCN(CC(=O)O)C(=O)c1ccc(OCC(F)(F)C(F)F)nc1. The molecule has 0 aliphatic carbocycles. The van der Waals surface area contributed by atoms with Gasteiger partial charge in [-0.1, -0.05) is 0 Å². The fourth-order valence-corrected chi connectivity index (χ4v) is 1.63. The first kappa shape index (κ1) is 20.6.